The number of carboxylic acid groups (broad SMARTS) is 1. The Bertz CT molecular complexity index is 846. The van der Waals surface area contributed by atoms with Gasteiger partial charge in [-0.15, -0.1) is 0 Å². The van der Waals surface area contributed by atoms with Gasteiger partial charge in [0.05, 0.1) is 5.41 Å². The molecule has 1 aliphatic heterocycles. The minimum atomic E-state index is -0.921. The fourth-order valence-electron chi connectivity index (χ4n) is 3.74. The molecule has 1 amide bonds. The molecule has 1 fully saturated rings. The summed E-state index contributed by atoms with van der Waals surface area (Å²) in [6.45, 7) is 0.769. The average molecular weight is 387 g/mol. The number of halogens is 2. The maximum absolute atomic E-state index is 13.3. The van der Waals surface area contributed by atoms with Crippen LogP contribution in [0.4, 0.5) is 8.78 Å². The summed E-state index contributed by atoms with van der Waals surface area (Å²) in [4.78, 5) is 26.1. The van der Waals surface area contributed by atoms with Crippen molar-refractivity contribution in [2.45, 2.75) is 32.1 Å². The van der Waals surface area contributed by atoms with Crippen LogP contribution in [0.25, 0.3) is 0 Å². The van der Waals surface area contributed by atoms with Gasteiger partial charge in [-0.1, -0.05) is 36.4 Å². The summed E-state index contributed by atoms with van der Waals surface area (Å²) in [6, 6.07) is 13.1. The van der Waals surface area contributed by atoms with E-state index in [-0.39, 0.29) is 12.3 Å². The molecule has 0 aliphatic carbocycles. The largest absolute Gasteiger partial charge is 0.481 e. The SMILES string of the molecule is O=C(CCc1ccc(F)c(F)c1)N1CCC(Cc2ccccc2)(C(=O)O)CC1. The second-order valence-electron chi connectivity index (χ2n) is 7.38. The van der Waals surface area contributed by atoms with Crippen molar-refractivity contribution in [3.8, 4) is 0 Å². The summed E-state index contributed by atoms with van der Waals surface area (Å²) in [6.07, 6.45) is 1.74. The smallest absolute Gasteiger partial charge is 0.310 e. The van der Waals surface area contributed by atoms with Gasteiger partial charge in [-0.25, -0.2) is 8.78 Å². The lowest BCUT2D eigenvalue weighted by molar-refractivity contribution is -0.154. The van der Waals surface area contributed by atoms with Gasteiger partial charge < -0.3 is 10.0 Å². The number of piperidine rings is 1. The fraction of sp³-hybridized carbons (Fsp3) is 0.364. The number of likely N-dealkylation sites (tertiary alicyclic amines) is 1. The van der Waals surface area contributed by atoms with Crippen LogP contribution in [0.2, 0.25) is 0 Å². The lowest BCUT2D eigenvalue weighted by Gasteiger charge is -2.39. The number of rotatable bonds is 6. The molecule has 0 radical (unpaired) electrons. The summed E-state index contributed by atoms with van der Waals surface area (Å²) >= 11 is 0. The number of carboxylic acids is 1. The second kappa shape index (κ2) is 8.50. The zero-order chi connectivity index (χ0) is 20.1. The Balaban J connectivity index is 1.57. The molecule has 0 aromatic heterocycles. The molecule has 4 nitrogen and oxygen atoms in total. The minimum absolute atomic E-state index is 0.0940. The van der Waals surface area contributed by atoms with Gasteiger partial charge in [-0.05, 0) is 48.9 Å². The molecule has 0 bridgehead atoms. The van der Waals surface area contributed by atoms with E-state index in [2.05, 4.69) is 0 Å². The van der Waals surface area contributed by atoms with Gasteiger partial charge in [0.15, 0.2) is 11.6 Å². The lowest BCUT2D eigenvalue weighted by atomic mass is 9.73. The molecule has 0 saturated carbocycles. The third kappa shape index (κ3) is 4.55. The Morgan fingerprint density at radius 1 is 0.964 bits per heavy atom. The van der Waals surface area contributed by atoms with Gasteiger partial charge >= 0.3 is 5.97 Å². The van der Waals surface area contributed by atoms with Crippen LogP contribution >= 0.6 is 0 Å². The molecule has 1 N–H and O–H groups in total. The highest BCUT2D eigenvalue weighted by molar-refractivity contribution is 5.78. The lowest BCUT2D eigenvalue weighted by Crippen LogP contribution is -2.47. The Labute approximate surface area is 162 Å². The van der Waals surface area contributed by atoms with Crippen LogP contribution in [-0.4, -0.2) is 35.0 Å². The third-order valence-electron chi connectivity index (χ3n) is 5.52. The number of amides is 1. The molecule has 28 heavy (non-hydrogen) atoms. The van der Waals surface area contributed by atoms with Crippen molar-refractivity contribution in [2.24, 2.45) is 5.41 Å². The number of benzene rings is 2. The highest BCUT2D eigenvalue weighted by atomic mass is 19.2. The average Bonchev–Trinajstić information content (AvgIpc) is 2.70. The summed E-state index contributed by atoms with van der Waals surface area (Å²) in [7, 11) is 0. The highest BCUT2D eigenvalue weighted by Gasteiger charge is 2.42. The first-order valence-electron chi connectivity index (χ1n) is 9.39. The maximum atomic E-state index is 13.3. The monoisotopic (exact) mass is 387 g/mol. The van der Waals surface area contributed by atoms with Crippen molar-refractivity contribution >= 4 is 11.9 Å². The van der Waals surface area contributed by atoms with E-state index >= 15 is 0 Å². The van der Waals surface area contributed by atoms with Gasteiger partial charge in [0.1, 0.15) is 0 Å². The quantitative estimate of drug-likeness (QED) is 0.820. The summed E-state index contributed by atoms with van der Waals surface area (Å²) < 4.78 is 26.3. The highest BCUT2D eigenvalue weighted by Crippen LogP contribution is 2.35. The number of hydrogen-bond acceptors (Lipinski definition) is 2. The standard InChI is InChI=1S/C22H23F2NO3/c23-18-8-6-16(14-19(18)24)7-9-20(26)25-12-10-22(11-13-25,21(27)28)15-17-4-2-1-3-5-17/h1-6,8,14H,7,9-13,15H2,(H,27,28). The normalized spacial score (nSPS) is 16.0. The predicted molar refractivity (Wildman–Crippen MR) is 101 cm³/mol. The van der Waals surface area contributed by atoms with Crippen molar-refractivity contribution in [3.63, 3.8) is 0 Å². The Hall–Kier alpha value is -2.76. The number of aliphatic carboxylic acids is 1. The minimum Gasteiger partial charge on any atom is -0.481 e. The van der Waals surface area contributed by atoms with Crippen molar-refractivity contribution in [3.05, 3.63) is 71.3 Å². The molecule has 0 spiro atoms. The first kappa shape index (κ1) is 20.0. The van der Waals surface area contributed by atoms with E-state index in [4.69, 9.17) is 0 Å². The Morgan fingerprint density at radius 3 is 2.25 bits per heavy atom. The zero-order valence-corrected chi connectivity index (χ0v) is 15.5. The van der Waals surface area contributed by atoms with E-state index in [9.17, 15) is 23.5 Å². The molecule has 2 aromatic rings. The van der Waals surface area contributed by atoms with Crippen LogP contribution in [0.3, 0.4) is 0 Å². The van der Waals surface area contributed by atoms with Crippen molar-refractivity contribution in [1.29, 1.82) is 0 Å². The molecule has 0 atom stereocenters. The van der Waals surface area contributed by atoms with Crippen molar-refractivity contribution in [2.75, 3.05) is 13.1 Å². The molecule has 1 heterocycles. The summed E-state index contributed by atoms with van der Waals surface area (Å²) in [5, 5.41) is 9.81. The van der Waals surface area contributed by atoms with Gasteiger partial charge in [-0.3, -0.25) is 9.59 Å². The molecule has 1 saturated heterocycles. The molecule has 6 heteroatoms. The topological polar surface area (TPSA) is 57.6 Å². The fourth-order valence-corrected chi connectivity index (χ4v) is 3.74. The summed E-state index contributed by atoms with van der Waals surface area (Å²) in [5.41, 5.74) is 0.675. The molecule has 3 rings (SSSR count). The van der Waals surface area contributed by atoms with Gasteiger partial charge in [0, 0.05) is 19.5 Å². The van der Waals surface area contributed by atoms with Gasteiger partial charge in [-0.2, -0.15) is 0 Å². The van der Waals surface area contributed by atoms with Gasteiger partial charge in [0.2, 0.25) is 5.91 Å². The third-order valence-corrected chi connectivity index (χ3v) is 5.52. The van der Waals surface area contributed by atoms with Crippen LogP contribution in [0.5, 0.6) is 0 Å². The first-order chi connectivity index (χ1) is 13.4. The van der Waals surface area contributed by atoms with Crippen LogP contribution < -0.4 is 0 Å². The summed E-state index contributed by atoms with van der Waals surface area (Å²) in [5.74, 6) is -2.75. The van der Waals surface area contributed by atoms with Crippen LogP contribution in [0.1, 0.15) is 30.4 Å². The Kier molecular flexibility index (Phi) is 6.07. The van der Waals surface area contributed by atoms with Crippen LogP contribution in [0.15, 0.2) is 48.5 Å². The molecular weight excluding hydrogens is 364 g/mol. The first-order valence-corrected chi connectivity index (χ1v) is 9.39. The van der Waals surface area contributed by atoms with E-state index in [1.807, 2.05) is 30.3 Å². The molecule has 148 valence electrons. The number of carbonyl (C=O) groups excluding carboxylic acids is 1. The zero-order valence-electron chi connectivity index (χ0n) is 15.5. The van der Waals surface area contributed by atoms with E-state index in [0.29, 0.717) is 44.3 Å². The maximum Gasteiger partial charge on any atom is 0.310 e. The van der Waals surface area contributed by atoms with E-state index < -0.39 is 23.0 Å². The van der Waals surface area contributed by atoms with E-state index in [0.717, 1.165) is 17.7 Å². The molecule has 2 aromatic carbocycles. The van der Waals surface area contributed by atoms with Crippen molar-refractivity contribution in [1.82, 2.24) is 4.90 Å². The van der Waals surface area contributed by atoms with E-state index in [1.54, 1.807) is 4.90 Å². The number of carbonyl (C=O) groups is 2. The molecular formula is C22H23F2NO3. The number of aryl methyl sites for hydroxylation is 1. The number of nitrogens with zero attached hydrogens (tertiary/aromatic N) is 1. The van der Waals surface area contributed by atoms with Crippen molar-refractivity contribution < 1.29 is 23.5 Å². The van der Waals surface area contributed by atoms with E-state index in [1.165, 1.54) is 6.07 Å². The van der Waals surface area contributed by atoms with Gasteiger partial charge in [0.25, 0.3) is 0 Å². The molecule has 0 unspecified atom stereocenters. The predicted octanol–water partition coefficient (Wildman–Crippen LogP) is 3.83. The number of hydrogen-bond donors (Lipinski definition) is 1. The second-order valence-corrected chi connectivity index (χ2v) is 7.38. The Morgan fingerprint density at radius 2 is 1.64 bits per heavy atom. The van der Waals surface area contributed by atoms with Crippen LogP contribution in [0, 0.1) is 17.0 Å². The van der Waals surface area contributed by atoms with Crippen LogP contribution in [-0.2, 0) is 22.4 Å². The molecule has 1 aliphatic rings.